The minimum Gasteiger partial charge on any atom is -0.545 e. The lowest BCUT2D eigenvalue weighted by Gasteiger charge is -2.06. The van der Waals surface area contributed by atoms with E-state index in [1.54, 1.807) is 0 Å². The third-order valence-corrected chi connectivity index (χ3v) is 3.35. The van der Waals surface area contributed by atoms with Crippen molar-refractivity contribution in [3.05, 3.63) is 75.2 Å². The van der Waals surface area contributed by atoms with Crippen molar-refractivity contribution in [1.29, 1.82) is 0 Å². The Balaban J connectivity index is 2.05. The van der Waals surface area contributed by atoms with Crippen molar-refractivity contribution >= 4 is 17.0 Å². The Kier molecular flexibility index (Phi) is 3.61. The second kappa shape index (κ2) is 5.60. The number of nitrogens with zero attached hydrogens (tertiary/aromatic N) is 1. The molecule has 0 aliphatic rings. The van der Waals surface area contributed by atoms with Gasteiger partial charge in [0.1, 0.15) is 5.69 Å². The number of H-pyrrole nitrogens is 1. The molecule has 0 fully saturated rings. The number of aromatic amines is 1. The van der Waals surface area contributed by atoms with Crippen LogP contribution in [0.2, 0.25) is 0 Å². The molecule has 2 aromatic carbocycles. The van der Waals surface area contributed by atoms with Crippen molar-refractivity contribution < 1.29 is 18.7 Å². The van der Waals surface area contributed by atoms with Crippen LogP contribution < -0.4 is 10.7 Å². The molecule has 0 bridgehead atoms. The highest BCUT2D eigenvalue weighted by Gasteiger charge is 2.09. The summed E-state index contributed by atoms with van der Waals surface area (Å²) in [6.07, 6.45) is -0.0159. The van der Waals surface area contributed by atoms with Crippen molar-refractivity contribution in [1.82, 2.24) is 9.97 Å². The zero-order valence-electron chi connectivity index (χ0n) is 11.6. The first-order chi connectivity index (χ1) is 10.9. The Morgan fingerprint density at radius 3 is 2.61 bits per heavy atom. The van der Waals surface area contributed by atoms with E-state index in [0.717, 1.165) is 12.1 Å². The number of halogens is 2. The molecule has 116 valence electrons. The van der Waals surface area contributed by atoms with Gasteiger partial charge in [-0.2, -0.15) is 0 Å². The van der Waals surface area contributed by atoms with Gasteiger partial charge in [0.05, 0.1) is 17.0 Å². The Hall–Kier alpha value is -3.09. The smallest absolute Gasteiger partial charge is 0.270 e. The van der Waals surface area contributed by atoms with Crippen molar-refractivity contribution in [2.24, 2.45) is 0 Å². The van der Waals surface area contributed by atoms with Crippen LogP contribution in [0.4, 0.5) is 8.78 Å². The van der Waals surface area contributed by atoms with E-state index < -0.39 is 23.2 Å². The Labute approximate surface area is 128 Å². The lowest BCUT2D eigenvalue weighted by molar-refractivity contribution is -0.255. The average Bonchev–Trinajstić information content (AvgIpc) is 2.51. The van der Waals surface area contributed by atoms with Gasteiger partial charge in [-0.3, -0.25) is 4.79 Å². The summed E-state index contributed by atoms with van der Waals surface area (Å²) in [5, 5.41) is 10.9. The standard InChI is InChI=1S/C16H10F2N2O3/c17-10-3-1-8(5-11(10)18)6-14-15(21)20-12-4-2-9(16(22)23)7-13(12)19-14/h1-5,7H,6H2,(H,20,21)(H,22,23)/p-1. The molecule has 0 spiro atoms. The summed E-state index contributed by atoms with van der Waals surface area (Å²) < 4.78 is 26.1. The molecule has 1 N–H and O–H groups in total. The largest absolute Gasteiger partial charge is 0.545 e. The summed E-state index contributed by atoms with van der Waals surface area (Å²) in [6.45, 7) is 0. The highest BCUT2D eigenvalue weighted by molar-refractivity contribution is 5.90. The van der Waals surface area contributed by atoms with E-state index in [1.165, 1.54) is 24.3 Å². The van der Waals surface area contributed by atoms with Crippen LogP contribution in [0, 0.1) is 11.6 Å². The second-order valence-corrected chi connectivity index (χ2v) is 4.96. The number of hydrogen-bond acceptors (Lipinski definition) is 4. The summed E-state index contributed by atoms with van der Waals surface area (Å²) in [5.41, 5.74) is 0.522. The Morgan fingerprint density at radius 1 is 1.13 bits per heavy atom. The SMILES string of the molecule is O=C([O-])c1ccc2[nH]c(=O)c(Cc3ccc(F)c(F)c3)nc2c1. The van der Waals surface area contributed by atoms with Crippen molar-refractivity contribution in [3.8, 4) is 0 Å². The maximum absolute atomic E-state index is 13.2. The number of benzene rings is 2. The molecular weight excluding hydrogens is 306 g/mol. The van der Waals surface area contributed by atoms with Gasteiger partial charge in [0.15, 0.2) is 11.6 Å². The third kappa shape index (κ3) is 2.94. The van der Waals surface area contributed by atoms with E-state index >= 15 is 0 Å². The van der Waals surface area contributed by atoms with Gasteiger partial charge in [-0.15, -0.1) is 0 Å². The molecule has 0 unspecified atom stereocenters. The molecule has 3 aromatic rings. The summed E-state index contributed by atoms with van der Waals surface area (Å²) in [6, 6.07) is 7.28. The van der Waals surface area contributed by atoms with Gasteiger partial charge in [-0.05, 0) is 35.4 Å². The van der Waals surface area contributed by atoms with Gasteiger partial charge >= 0.3 is 0 Å². The molecule has 1 aromatic heterocycles. The maximum Gasteiger partial charge on any atom is 0.270 e. The number of nitrogens with one attached hydrogen (secondary N) is 1. The lowest BCUT2D eigenvalue weighted by Crippen LogP contribution is -2.22. The molecule has 0 saturated carbocycles. The van der Waals surface area contributed by atoms with E-state index in [1.807, 2.05) is 0 Å². The first-order valence-corrected chi connectivity index (χ1v) is 6.62. The summed E-state index contributed by atoms with van der Waals surface area (Å²) in [7, 11) is 0. The van der Waals surface area contributed by atoms with Gasteiger partial charge in [0.25, 0.3) is 5.56 Å². The molecule has 0 radical (unpaired) electrons. The maximum atomic E-state index is 13.2. The fourth-order valence-corrected chi connectivity index (χ4v) is 2.21. The lowest BCUT2D eigenvalue weighted by atomic mass is 10.1. The van der Waals surface area contributed by atoms with Crippen LogP contribution >= 0.6 is 0 Å². The van der Waals surface area contributed by atoms with Crippen LogP contribution in [-0.4, -0.2) is 15.9 Å². The fraction of sp³-hybridized carbons (Fsp3) is 0.0625. The molecule has 1 heterocycles. The van der Waals surface area contributed by atoms with E-state index in [-0.39, 0.29) is 23.2 Å². The molecule has 0 amide bonds. The van der Waals surface area contributed by atoms with Gasteiger partial charge in [-0.25, -0.2) is 13.8 Å². The van der Waals surface area contributed by atoms with Gasteiger partial charge < -0.3 is 14.9 Å². The summed E-state index contributed by atoms with van der Waals surface area (Å²) >= 11 is 0. The van der Waals surface area contributed by atoms with Crippen LogP contribution in [0.15, 0.2) is 41.2 Å². The van der Waals surface area contributed by atoms with Crippen molar-refractivity contribution in [2.75, 3.05) is 0 Å². The van der Waals surface area contributed by atoms with E-state index in [2.05, 4.69) is 9.97 Å². The number of carbonyl (C=O) groups excluding carboxylic acids is 1. The second-order valence-electron chi connectivity index (χ2n) is 4.96. The quantitative estimate of drug-likeness (QED) is 0.786. The number of carbonyl (C=O) groups is 1. The zero-order chi connectivity index (χ0) is 16.6. The van der Waals surface area contributed by atoms with E-state index in [4.69, 9.17) is 0 Å². The number of rotatable bonds is 3. The number of fused-ring (bicyclic) bond motifs is 1. The minimum absolute atomic E-state index is 0.0159. The molecule has 0 atom stereocenters. The molecular formula is C16H9F2N2O3-. The third-order valence-electron chi connectivity index (χ3n) is 3.35. The first-order valence-electron chi connectivity index (χ1n) is 6.62. The van der Waals surface area contributed by atoms with Gasteiger partial charge in [-0.1, -0.05) is 12.1 Å². The zero-order valence-corrected chi connectivity index (χ0v) is 11.6. The van der Waals surface area contributed by atoms with E-state index in [0.29, 0.717) is 11.1 Å². The highest BCUT2D eigenvalue weighted by atomic mass is 19.2. The topological polar surface area (TPSA) is 85.9 Å². The molecule has 3 rings (SSSR count). The van der Waals surface area contributed by atoms with Crippen LogP contribution in [0.25, 0.3) is 11.0 Å². The average molecular weight is 315 g/mol. The number of aromatic nitrogens is 2. The van der Waals surface area contributed by atoms with Crippen molar-refractivity contribution in [3.63, 3.8) is 0 Å². The highest BCUT2D eigenvalue weighted by Crippen LogP contribution is 2.14. The predicted molar refractivity (Wildman–Crippen MR) is 75.9 cm³/mol. The van der Waals surface area contributed by atoms with E-state index in [9.17, 15) is 23.5 Å². The summed E-state index contributed by atoms with van der Waals surface area (Å²) in [5.74, 6) is -3.35. The molecule has 7 heteroatoms. The molecule has 5 nitrogen and oxygen atoms in total. The van der Waals surface area contributed by atoms with Gasteiger partial charge in [0, 0.05) is 6.42 Å². The molecule has 0 aliphatic heterocycles. The number of hydrogen-bond donors (Lipinski definition) is 1. The molecule has 0 saturated heterocycles. The number of aromatic carboxylic acids is 1. The Morgan fingerprint density at radius 2 is 1.91 bits per heavy atom. The van der Waals surface area contributed by atoms with Crippen LogP contribution in [0.1, 0.15) is 21.6 Å². The number of carboxylic acid groups (broad SMARTS) is 1. The first kappa shape index (κ1) is 14.8. The Bertz CT molecular complexity index is 983. The molecule has 0 aliphatic carbocycles. The number of carboxylic acids is 1. The van der Waals surface area contributed by atoms with Crippen LogP contribution in [-0.2, 0) is 6.42 Å². The van der Waals surface area contributed by atoms with Gasteiger partial charge in [0.2, 0.25) is 0 Å². The van der Waals surface area contributed by atoms with Crippen LogP contribution in [0.3, 0.4) is 0 Å². The molecule has 23 heavy (non-hydrogen) atoms. The fourth-order valence-electron chi connectivity index (χ4n) is 2.21. The minimum atomic E-state index is -1.36. The normalized spacial score (nSPS) is 10.9. The van der Waals surface area contributed by atoms with Crippen molar-refractivity contribution in [2.45, 2.75) is 6.42 Å². The predicted octanol–water partition coefficient (Wildman–Crippen LogP) is 1.16. The summed E-state index contributed by atoms with van der Waals surface area (Å²) in [4.78, 5) is 29.5. The van der Waals surface area contributed by atoms with Crippen LogP contribution in [0.5, 0.6) is 0 Å². The monoisotopic (exact) mass is 315 g/mol.